The lowest BCUT2D eigenvalue weighted by molar-refractivity contribution is 0.326. The predicted molar refractivity (Wildman–Crippen MR) is 34.4 cm³/mol. The van der Waals surface area contributed by atoms with Gasteiger partial charge in [0.15, 0.2) is 0 Å². The van der Waals surface area contributed by atoms with Crippen LogP contribution in [-0.2, 0) is 0 Å². The molecule has 0 spiro atoms. The molecule has 0 saturated carbocycles. The first-order valence-corrected chi connectivity index (χ1v) is 3.02. The van der Waals surface area contributed by atoms with E-state index in [4.69, 9.17) is 11.7 Å². The Bertz CT molecular complexity index is 66.8. The van der Waals surface area contributed by atoms with Gasteiger partial charge >= 0.3 is 0 Å². The minimum Gasteiger partial charge on any atom is -0.392 e. The topological polar surface area (TPSA) is 20.2 Å². The van der Waals surface area contributed by atoms with Gasteiger partial charge in [-0.15, -0.1) is 0 Å². The summed E-state index contributed by atoms with van der Waals surface area (Å²) in [6, 6.07) is 0. The lowest BCUT2D eigenvalue weighted by Gasteiger charge is -1.96. The molecule has 0 aromatic rings. The zero-order valence-electron chi connectivity index (χ0n) is 5.35. The van der Waals surface area contributed by atoms with Gasteiger partial charge in [0.25, 0.3) is 0 Å². The van der Waals surface area contributed by atoms with Crippen LogP contribution in [0.5, 0.6) is 0 Å². The van der Waals surface area contributed by atoms with E-state index in [-0.39, 0.29) is 6.61 Å². The van der Waals surface area contributed by atoms with Crippen LogP contribution >= 0.6 is 0 Å². The maximum atomic E-state index is 8.40. The molecule has 0 aliphatic heterocycles. The molecule has 47 valence electrons. The van der Waals surface area contributed by atoms with Gasteiger partial charge in [-0.3, -0.25) is 0 Å². The van der Waals surface area contributed by atoms with Gasteiger partial charge in [0.1, 0.15) is 0 Å². The predicted octanol–water partition coefficient (Wildman–Crippen LogP) is 1.53. The van der Waals surface area contributed by atoms with E-state index < -0.39 is 0 Å². The van der Waals surface area contributed by atoms with E-state index in [0.29, 0.717) is 5.57 Å². The van der Waals surface area contributed by atoms with E-state index in [1.54, 1.807) is 0 Å². The lowest BCUT2D eigenvalue weighted by Crippen LogP contribution is -1.86. The first-order chi connectivity index (χ1) is 3.81. The lowest BCUT2D eigenvalue weighted by atomic mass is 10.1. The third kappa shape index (κ3) is 3.88. The number of aliphatic hydroxyl groups excluding tert-OH is 1. The molecule has 1 heteroatoms. The fourth-order valence-corrected chi connectivity index (χ4v) is 0.483. The number of hydrogen-bond acceptors (Lipinski definition) is 1. The minimum absolute atomic E-state index is 0.0417. The van der Waals surface area contributed by atoms with Crippen molar-refractivity contribution in [3.05, 3.63) is 12.2 Å². The molecule has 0 unspecified atom stereocenters. The molecule has 0 atom stereocenters. The van der Waals surface area contributed by atoms with Crippen molar-refractivity contribution in [3.63, 3.8) is 0 Å². The fraction of sp³-hybridized carbons (Fsp3) is 0.714. The average molecular weight is 113 g/mol. The Morgan fingerprint density at radius 1 is 1.62 bits per heavy atom. The molecule has 0 saturated heterocycles. The molecule has 0 heterocycles. The second-order valence-corrected chi connectivity index (χ2v) is 1.92. The van der Waals surface area contributed by atoms with Crippen LogP contribution in [0.4, 0.5) is 0 Å². The van der Waals surface area contributed by atoms with Crippen molar-refractivity contribution in [2.45, 2.75) is 26.2 Å². The third-order valence-corrected chi connectivity index (χ3v) is 1.05. The molecule has 1 radical (unpaired) electrons. The van der Waals surface area contributed by atoms with E-state index >= 15 is 0 Å². The Kier molecular flexibility index (Phi) is 4.67. The van der Waals surface area contributed by atoms with Crippen molar-refractivity contribution in [1.82, 2.24) is 0 Å². The smallest absolute Gasteiger partial charge is 0.0644 e. The first kappa shape index (κ1) is 7.70. The molecule has 0 fully saturated rings. The molecule has 1 nitrogen and oxygen atoms in total. The van der Waals surface area contributed by atoms with Crippen molar-refractivity contribution in [1.29, 1.82) is 0 Å². The van der Waals surface area contributed by atoms with Crippen LogP contribution < -0.4 is 0 Å². The normalized spacial score (nSPS) is 9.25. The Balaban J connectivity index is 2.99. The van der Waals surface area contributed by atoms with Crippen LogP contribution in [0.3, 0.4) is 0 Å². The van der Waals surface area contributed by atoms with Crippen molar-refractivity contribution in [3.8, 4) is 0 Å². The van der Waals surface area contributed by atoms with Gasteiger partial charge in [0.05, 0.1) is 6.61 Å². The molecule has 0 rings (SSSR count). The summed E-state index contributed by atoms with van der Waals surface area (Å²) in [5.41, 5.74) is 0.701. The molecule has 1 N–H and O–H groups in total. The fourth-order valence-electron chi connectivity index (χ4n) is 0.483. The monoisotopic (exact) mass is 113 g/mol. The van der Waals surface area contributed by atoms with Gasteiger partial charge in [-0.25, -0.2) is 0 Å². The minimum atomic E-state index is 0.0417. The van der Waals surface area contributed by atoms with Crippen molar-refractivity contribution in [2.75, 3.05) is 6.61 Å². The van der Waals surface area contributed by atoms with Crippen LogP contribution in [0.25, 0.3) is 0 Å². The van der Waals surface area contributed by atoms with E-state index in [0.717, 1.165) is 19.3 Å². The molecule has 0 amide bonds. The largest absolute Gasteiger partial charge is 0.392 e. The zero-order chi connectivity index (χ0) is 6.41. The highest BCUT2D eigenvalue weighted by atomic mass is 16.3. The highest BCUT2D eigenvalue weighted by molar-refractivity contribution is 4.89. The van der Waals surface area contributed by atoms with Crippen molar-refractivity contribution >= 4 is 0 Å². The van der Waals surface area contributed by atoms with Crippen LogP contribution in [0.2, 0.25) is 0 Å². The van der Waals surface area contributed by atoms with Crippen LogP contribution in [0, 0.1) is 6.58 Å². The summed E-state index contributed by atoms with van der Waals surface area (Å²) in [5.74, 6) is 0. The summed E-state index contributed by atoms with van der Waals surface area (Å²) >= 11 is 0. The van der Waals surface area contributed by atoms with Gasteiger partial charge in [-0.2, -0.15) is 0 Å². The first-order valence-electron chi connectivity index (χ1n) is 3.02. The number of hydrogen-bond donors (Lipinski definition) is 1. The maximum Gasteiger partial charge on any atom is 0.0644 e. The van der Waals surface area contributed by atoms with E-state index in [1.807, 2.05) is 0 Å². The van der Waals surface area contributed by atoms with Crippen molar-refractivity contribution < 1.29 is 5.11 Å². The second-order valence-electron chi connectivity index (χ2n) is 1.92. The highest BCUT2D eigenvalue weighted by Gasteiger charge is 1.88. The molecule has 0 aromatic heterocycles. The molecular weight excluding hydrogens is 100 g/mol. The van der Waals surface area contributed by atoms with Gasteiger partial charge in [-0.05, 0) is 18.4 Å². The molecular formula is C7H13O. The van der Waals surface area contributed by atoms with Gasteiger partial charge < -0.3 is 5.11 Å². The quantitative estimate of drug-likeness (QED) is 0.586. The summed E-state index contributed by atoms with van der Waals surface area (Å²) in [7, 11) is 0. The zero-order valence-corrected chi connectivity index (χ0v) is 5.35. The van der Waals surface area contributed by atoms with Crippen LogP contribution in [-0.4, -0.2) is 11.7 Å². The van der Waals surface area contributed by atoms with Crippen LogP contribution in [0.1, 0.15) is 26.2 Å². The van der Waals surface area contributed by atoms with E-state index in [1.165, 1.54) is 0 Å². The molecule has 0 aromatic carbocycles. The number of unbranched alkanes of at least 4 members (excludes halogenated alkanes) is 1. The molecule has 0 bridgehead atoms. The summed E-state index contributed by atoms with van der Waals surface area (Å²) in [6.07, 6.45) is 3.10. The van der Waals surface area contributed by atoms with E-state index in [9.17, 15) is 0 Å². The molecule has 8 heavy (non-hydrogen) atoms. The van der Waals surface area contributed by atoms with Gasteiger partial charge in [0, 0.05) is 0 Å². The van der Waals surface area contributed by atoms with Crippen LogP contribution in [0.15, 0.2) is 5.57 Å². The average Bonchev–Trinajstić information content (AvgIpc) is 1.83. The van der Waals surface area contributed by atoms with Gasteiger partial charge in [-0.1, -0.05) is 19.9 Å². The SMILES string of the molecule is [CH]=C(CO)CCCC. The Morgan fingerprint density at radius 3 is 2.62 bits per heavy atom. The summed E-state index contributed by atoms with van der Waals surface area (Å²) in [5, 5.41) is 8.40. The molecule has 0 aliphatic rings. The van der Waals surface area contributed by atoms with E-state index in [2.05, 4.69) is 6.92 Å². The maximum absolute atomic E-state index is 8.40. The van der Waals surface area contributed by atoms with Gasteiger partial charge in [0.2, 0.25) is 0 Å². The molecule has 0 aliphatic carbocycles. The standard InChI is InChI=1S/C7H13O/c1-3-4-5-7(2)6-8/h2,8H,3-6H2,1H3. The Labute approximate surface area is 51.0 Å². The summed E-state index contributed by atoms with van der Waals surface area (Å²) in [4.78, 5) is 0. The number of aliphatic hydroxyl groups is 1. The Morgan fingerprint density at radius 2 is 2.25 bits per heavy atom. The second kappa shape index (κ2) is 4.85. The Hall–Kier alpha value is -0.300. The highest BCUT2D eigenvalue weighted by Crippen LogP contribution is 2.01. The van der Waals surface area contributed by atoms with Crippen molar-refractivity contribution in [2.24, 2.45) is 0 Å². The summed E-state index contributed by atoms with van der Waals surface area (Å²) < 4.78 is 0. The third-order valence-electron chi connectivity index (χ3n) is 1.05. The summed E-state index contributed by atoms with van der Waals surface area (Å²) in [6.45, 7) is 7.47. The number of rotatable bonds is 4.